The number of hydrogen-bond donors (Lipinski definition) is 21. The lowest BCUT2D eigenvalue weighted by Crippen LogP contribution is -2.42. The van der Waals surface area contributed by atoms with E-state index in [2.05, 4.69) is 63.8 Å². The molecule has 0 saturated carbocycles. The van der Waals surface area contributed by atoms with Crippen LogP contribution in [0.15, 0.2) is 0 Å². The number of hydrogen-bond acceptors (Lipinski definition) is 28. The molecule has 0 unspecified atom stereocenters. The topological polar surface area (TPSA) is 598 Å². The molecule has 0 atom stereocenters. The van der Waals surface area contributed by atoms with Crippen LogP contribution in [0.4, 0.5) is 0 Å². The number of aliphatic hydroxyl groups excluding tert-OH is 1. The summed E-state index contributed by atoms with van der Waals surface area (Å²) in [5.41, 5.74) is 39.2. The molecule has 0 bridgehead atoms. The Hall–Kier alpha value is -7.29. The zero-order chi connectivity index (χ0) is 80.2. The Morgan fingerprint density at radius 3 is 0.537 bits per heavy atom. The van der Waals surface area contributed by atoms with Gasteiger partial charge < -0.3 is 149 Å². The molecular weight excluding hydrogens is 1400 g/mol. The fourth-order valence-corrected chi connectivity index (χ4v) is 10.5. The number of nitrogens with two attached hydrogens (primary N) is 7. The van der Waals surface area contributed by atoms with Crippen LogP contribution in [0.25, 0.3) is 0 Å². The molecule has 0 aromatic rings. The highest BCUT2D eigenvalue weighted by Gasteiger charge is 2.20. The summed E-state index contributed by atoms with van der Waals surface area (Å²) in [6.45, 7) is 11.8. The van der Waals surface area contributed by atoms with Crippen molar-refractivity contribution in [3.8, 4) is 0 Å². The summed E-state index contributed by atoms with van der Waals surface area (Å²) < 4.78 is 0. The predicted molar refractivity (Wildman–Crippen MR) is 415 cm³/mol. The zero-order valence-corrected chi connectivity index (χ0v) is 64.7. The number of carbonyl (C=O) groups is 12. The molecule has 0 aliphatic heterocycles. The number of nitrogens with zero attached hydrogens (tertiary/aromatic N) is 7. The molecule has 108 heavy (non-hydrogen) atoms. The van der Waals surface area contributed by atoms with E-state index < -0.39 is 0 Å². The average Bonchev–Trinajstić information content (AvgIpc) is 0.963. The second-order valence-electron chi connectivity index (χ2n) is 25.9. The quantitative estimate of drug-likeness (QED) is 0.0251. The van der Waals surface area contributed by atoms with Crippen LogP contribution in [0, 0.1) is 5.41 Å². The van der Waals surface area contributed by atoms with Gasteiger partial charge in [-0.1, -0.05) is 0 Å². The molecule has 0 rings (SSSR count). The second kappa shape index (κ2) is 68.9. The number of amides is 12. The van der Waals surface area contributed by atoms with Gasteiger partial charge in [-0.15, -0.1) is 0 Å². The van der Waals surface area contributed by atoms with Gasteiger partial charge in [0.1, 0.15) is 0 Å². The molecule has 0 aliphatic rings. The van der Waals surface area contributed by atoms with E-state index in [1.807, 2.05) is 36.4 Å². The first-order valence-electron chi connectivity index (χ1n) is 38.3. The van der Waals surface area contributed by atoms with E-state index >= 15 is 0 Å². The molecule has 0 aromatic heterocycles. The van der Waals surface area contributed by atoms with Crippen molar-refractivity contribution >= 4 is 76.6 Å². The molecule has 0 heterocycles. The van der Waals surface area contributed by atoms with Gasteiger partial charge in [-0.05, 0) is 19.9 Å². The Morgan fingerprint density at radius 1 is 0.222 bits per heavy atom. The summed E-state index contributed by atoms with van der Waals surface area (Å²) >= 11 is 0. The van der Waals surface area contributed by atoms with Crippen LogP contribution in [0.1, 0.15) is 89.9 Å². The highest BCUT2D eigenvalue weighted by Crippen LogP contribution is 2.05. The largest absolute Gasteiger partial charge is 0.395 e. The number of rotatable bonds is 73. The van der Waals surface area contributed by atoms with Gasteiger partial charge in [-0.25, -0.2) is 0 Å². The maximum atomic E-state index is 13.4. The van der Waals surface area contributed by atoms with E-state index in [0.29, 0.717) is 182 Å². The van der Waals surface area contributed by atoms with Crippen molar-refractivity contribution in [2.45, 2.75) is 89.9 Å². The third-order valence-electron chi connectivity index (χ3n) is 16.9. The molecule has 0 aromatic carbocycles. The normalized spacial score (nSPS) is 11.3. The summed E-state index contributed by atoms with van der Waals surface area (Å²) in [4.78, 5) is 167. The maximum Gasteiger partial charge on any atom is 0.221 e. The fraction of sp³-hybridized carbons (Fsp3) is 0.809. The standard InChI is InChI=1S/C68H139N27O13/c1-89(36-4-57(97)77-23-16-69)35-2-56(76)3-37-90(38-11-64(104)85-31-50-91(39-5-58(98)78-24-17-70)40-6-59(99)79-25-18-71)49-30-84-67(107)14-47-95(54-55-96)48-15-68(108)88-34-53-94(45-12-65(105)86-32-51-92(41-7-60(100)80-26-19-72)42-8-61(101)81-27-20-73)46-13-66(106)87-33-52-93(43-9-62(102)82-28-21-74)44-10-63(103)83-29-22-75/h76,96H,2-55,69-75H2,1H3,(H,77,97)(H,78,98)(H,79,99)(H,80,100)(H,81,101)(H,82,102)(H,83,103)(H,84,107)(H,85,104)(H,86,105)(H,87,106)(H,88,108). The van der Waals surface area contributed by atoms with E-state index in [9.17, 15) is 62.6 Å². The Morgan fingerprint density at radius 2 is 0.361 bits per heavy atom. The molecular formula is C68H139N27O13. The van der Waals surface area contributed by atoms with Crippen molar-refractivity contribution < 1.29 is 62.6 Å². The minimum atomic E-state index is -0.311. The Bertz CT molecular complexity index is 2370. The van der Waals surface area contributed by atoms with E-state index in [1.54, 1.807) is 4.90 Å². The molecule has 40 heteroatoms. The third-order valence-corrected chi connectivity index (χ3v) is 16.9. The number of aliphatic hydroxyl groups is 1. The van der Waals surface area contributed by atoms with Crippen LogP contribution in [0.2, 0.25) is 0 Å². The Kier molecular flexibility index (Phi) is 64.3. The zero-order valence-electron chi connectivity index (χ0n) is 64.7. The Labute approximate surface area is 639 Å². The van der Waals surface area contributed by atoms with Gasteiger partial charge in [0, 0.05) is 338 Å². The molecule has 28 N–H and O–H groups in total. The van der Waals surface area contributed by atoms with Gasteiger partial charge in [0.15, 0.2) is 0 Å². The molecule has 624 valence electrons. The SMILES string of the molecule is CN(CCC(=N)CCN(CCNC(=O)CCN(CCO)CCC(=O)NCCN(CCC(=O)NCCN(CCC(=O)NCCN)CCC(=O)NCCN)CCC(=O)NCCN(CCC(=O)NCCN)CCC(=O)NCCN)CCC(=O)NCCN(CCC(=O)NCCN)CCC(=O)NCCN)CCC(=O)NCCN. The van der Waals surface area contributed by atoms with Crippen LogP contribution in [0.5, 0.6) is 0 Å². The molecule has 0 fully saturated rings. The van der Waals surface area contributed by atoms with E-state index in [4.69, 9.17) is 45.5 Å². The van der Waals surface area contributed by atoms with Gasteiger partial charge in [-0.3, -0.25) is 57.5 Å². The highest BCUT2D eigenvalue weighted by molar-refractivity contribution is 5.82. The number of carbonyl (C=O) groups excluding carboxylic acids is 12. The first-order valence-corrected chi connectivity index (χ1v) is 38.3. The molecule has 0 spiro atoms. The van der Waals surface area contributed by atoms with Gasteiger partial charge in [0.2, 0.25) is 70.9 Å². The minimum Gasteiger partial charge on any atom is -0.395 e. The minimum absolute atomic E-state index is 0.0229. The van der Waals surface area contributed by atoms with Crippen LogP contribution in [-0.4, -0.2) is 385 Å². The molecule has 0 saturated heterocycles. The van der Waals surface area contributed by atoms with E-state index in [1.165, 1.54) is 0 Å². The van der Waals surface area contributed by atoms with Crippen molar-refractivity contribution in [2.24, 2.45) is 40.1 Å². The van der Waals surface area contributed by atoms with Crippen molar-refractivity contribution in [3.05, 3.63) is 0 Å². The van der Waals surface area contributed by atoms with Gasteiger partial charge in [-0.2, -0.15) is 0 Å². The Balaban J connectivity index is 6.02. The third kappa shape index (κ3) is 61.6. The maximum absolute atomic E-state index is 13.4. The second-order valence-corrected chi connectivity index (χ2v) is 25.9. The molecule has 12 amide bonds. The van der Waals surface area contributed by atoms with Crippen LogP contribution < -0.4 is 104 Å². The van der Waals surface area contributed by atoms with Gasteiger partial charge in [0.05, 0.1) is 6.61 Å². The smallest absolute Gasteiger partial charge is 0.221 e. The van der Waals surface area contributed by atoms with Crippen LogP contribution in [-0.2, 0) is 57.5 Å². The molecule has 0 radical (unpaired) electrons. The number of nitrogens with one attached hydrogen (secondary N) is 13. The summed E-state index contributed by atoms with van der Waals surface area (Å²) in [7, 11) is 1.88. The predicted octanol–water partition coefficient (Wildman–Crippen LogP) is -10.7. The van der Waals surface area contributed by atoms with Crippen LogP contribution in [0.3, 0.4) is 0 Å². The van der Waals surface area contributed by atoms with E-state index in [-0.39, 0.29) is 246 Å². The highest BCUT2D eigenvalue weighted by atomic mass is 16.3. The lowest BCUT2D eigenvalue weighted by Gasteiger charge is -2.24. The van der Waals surface area contributed by atoms with Crippen molar-refractivity contribution in [3.63, 3.8) is 0 Å². The van der Waals surface area contributed by atoms with Crippen LogP contribution >= 0.6 is 0 Å². The first-order chi connectivity index (χ1) is 52.0. The van der Waals surface area contributed by atoms with Crippen molar-refractivity contribution in [2.75, 3.05) is 269 Å². The summed E-state index contributed by atoms with van der Waals surface area (Å²) in [5, 5.41) is 52.5. The monoisotopic (exact) mass is 1540 g/mol. The molecule has 40 nitrogen and oxygen atoms in total. The lowest BCUT2D eigenvalue weighted by atomic mass is 10.1. The van der Waals surface area contributed by atoms with Crippen molar-refractivity contribution in [1.29, 1.82) is 5.41 Å². The summed E-state index contributed by atoms with van der Waals surface area (Å²) in [6.07, 6.45) is 2.35. The fourth-order valence-electron chi connectivity index (χ4n) is 10.5. The lowest BCUT2D eigenvalue weighted by molar-refractivity contribution is -0.123. The summed E-state index contributed by atoms with van der Waals surface area (Å²) in [5.74, 6) is -2.66. The first kappa shape index (κ1) is 101. The summed E-state index contributed by atoms with van der Waals surface area (Å²) in [6, 6.07) is 0. The van der Waals surface area contributed by atoms with Gasteiger partial charge in [0.25, 0.3) is 0 Å². The molecule has 0 aliphatic carbocycles. The van der Waals surface area contributed by atoms with Crippen molar-refractivity contribution in [1.82, 2.24) is 98.1 Å². The average molecular weight is 1540 g/mol. The van der Waals surface area contributed by atoms with E-state index in [0.717, 1.165) is 0 Å². The van der Waals surface area contributed by atoms with Gasteiger partial charge >= 0.3 is 0 Å².